The molecule has 1 atom stereocenters. The Morgan fingerprint density at radius 1 is 1.19 bits per heavy atom. The maximum atomic E-state index is 12.8. The van der Waals surface area contributed by atoms with Gasteiger partial charge in [0.05, 0.1) is 5.92 Å². The van der Waals surface area contributed by atoms with E-state index in [1.165, 1.54) is 16.7 Å². The lowest BCUT2D eigenvalue weighted by Crippen LogP contribution is -2.43. The topological polar surface area (TPSA) is 54.3 Å². The Labute approximate surface area is 190 Å². The number of amides is 1. The Kier molecular flexibility index (Phi) is 8.42. The van der Waals surface area contributed by atoms with Gasteiger partial charge in [-0.1, -0.05) is 18.2 Å². The predicted octanol–water partition coefficient (Wildman–Crippen LogP) is 4.17. The Morgan fingerprint density at radius 3 is 2.53 bits per heavy atom. The number of pyridine rings is 1. The first-order valence-corrected chi connectivity index (χ1v) is 11.5. The average Bonchev–Trinajstić information content (AvgIpc) is 3.59. The summed E-state index contributed by atoms with van der Waals surface area (Å²) in [4.78, 5) is 25.4. The van der Waals surface area contributed by atoms with Gasteiger partial charge in [-0.2, -0.15) is 13.2 Å². The quantitative estimate of drug-likeness (QED) is 0.671. The molecule has 1 aliphatic carbocycles. The van der Waals surface area contributed by atoms with Crippen LogP contribution in [0.15, 0.2) is 58.4 Å². The molecule has 2 aromatic rings. The van der Waals surface area contributed by atoms with E-state index in [9.17, 15) is 22.8 Å². The number of alkyl halides is 3. The first-order valence-electron chi connectivity index (χ1n) is 10.7. The predicted molar refractivity (Wildman–Crippen MR) is 119 cm³/mol. The number of carbonyl (C=O) groups excluding carboxylic acids is 1. The number of piperidine rings is 1. The number of benzene rings is 1. The maximum Gasteiger partial charge on any atom is 0.446 e. The van der Waals surface area contributed by atoms with E-state index in [-0.39, 0.29) is 40.1 Å². The number of rotatable bonds is 5. The lowest BCUT2D eigenvalue weighted by Gasteiger charge is -2.30. The van der Waals surface area contributed by atoms with Crippen LogP contribution >= 0.6 is 11.8 Å². The molecule has 1 amide bonds. The van der Waals surface area contributed by atoms with Crippen LogP contribution in [0.4, 0.5) is 13.2 Å². The number of nitrogens with one attached hydrogen (secondary N) is 1. The largest absolute Gasteiger partial charge is 0.446 e. The first-order chi connectivity index (χ1) is 15.2. The van der Waals surface area contributed by atoms with Gasteiger partial charge in [0.15, 0.2) is 0 Å². The van der Waals surface area contributed by atoms with Gasteiger partial charge in [-0.15, -0.1) is 0 Å². The van der Waals surface area contributed by atoms with Crippen LogP contribution in [-0.4, -0.2) is 40.0 Å². The van der Waals surface area contributed by atoms with E-state index < -0.39 is 5.51 Å². The number of thioether (sulfide) groups is 1. The van der Waals surface area contributed by atoms with Crippen LogP contribution in [0.1, 0.15) is 31.2 Å². The standard InChI is InChI=1S/C17H21F3N2OS.C6H7NO/c18-17(19,20)24-15-5-1-3-12(9-15)11-22(14-6-7-14)16(23)13-4-2-8-21-10-13;1-7-5-3-2-4-6(7)8/h1,3,5,9,13-14,21H,2,4,6-8,10-11H2;2-5H,1H3. The molecular formula is C23H28F3N3O2S. The van der Waals surface area contributed by atoms with Crippen molar-refractivity contribution in [3.8, 4) is 0 Å². The molecule has 2 heterocycles. The molecule has 1 saturated carbocycles. The van der Waals surface area contributed by atoms with Gasteiger partial charge in [0, 0.05) is 43.3 Å². The van der Waals surface area contributed by atoms with Crippen molar-refractivity contribution in [3.05, 3.63) is 64.6 Å². The highest BCUT2D eigenvalue weighted by Crippen LogP contribution is 2.37. The van der Waals surface area contributed by atoms with Crippen molar-refractivity contribution in [1.29, 1.82) is 0 Å². The van der Waals surface area contributed by atoms with E-state index >= 15 is 0 Å². The SMILES string of the molecule is Cn1ccccc1=O.O=C(C1CCCNC1)N(Cc1cccc(SC(F)(F)F)c1)C1CC1. The van der Waals surface area contributed by atoms with Crippen molar-refractivity contribution in [3.63, 3.8) is 0 Å². The average molecular weight is 468 g/mol. The van der Waals surface area contributed by atoms with E-state index in [2.05, 4.69) is 5.32 Å². The smallest absolute Gasteiger partial charge is 0.335 e. The molecule has 1 N–H and O–H groups in total. The fraction of sp³-hybridized carbons (Fsp3) is 0.478. The van der Waals surface area contributed by atoms with Crippen molar-refractivity contribution in [1.82, 2.24) is 14.8 Å². The van der Waals surface area contributed by atoms with Gasteiger partial charge < -0.3 is 14.8 Å². The lowest BCUT2D eigenvalue weighted by atomic mass is 9.97. The monoisotopic (exact) mass is 467 g/mol. The maximum absolute atomic E-state index is 12.8. The second-order valence-corrected chi connectivity index (χ2v) is 9.22. The second kappa shape index (κ2) is 11.0. The van der Waals surface area contributed by atoms with Crippen LogP contribution < -0.4 is 10.9 Å². The van der Waals surface area contributed by atoms with Crippen LogP contribution in [-0.2, 0) is 18.4 Å². The minimum Gasteiger partial charge on any atom is -0.335 e. The zero-order valence-corrected chi connectivity index (χ0v) is 18.8. The number of aromatic nitrogens is 1. The molecule has 2 fully saturated rings. The Hall–Kier alpha value is -2.26. The Balaban J connectivity index is 0.000000305. The number of nitrogens with zero attached hydrogens (tertiary/aromatic N) is 2. The van der Waals surface area contributed by atoms with Crippen molar-refractivity contribution in [2.24, 2.45) is 13.0 Å². The van der Waals surface area contributed by atoms with E-state index in [4.69, 9.17) is 0 Å². The second-order valence-electron chi connectivity index (χ2n) is 8.09. The molecule has 1 saturated heterocycles. The highest BCUT2D eigenvalue weighted by molar-refractivity contribution is 8.00. The normalized spacial score (nSPS) is 18.4. The third-order valence-corrected chi connectivity index (χ3v) is 6.13. The molecule has 0 radical (unpaired) electrons. The van der Waals surface area contributed by atoms with E-state index in [1.807, 2.05) is 11.0 Å². The fourth-order valence-corrected chi connectivity index (χ4v) is 4.24. The van der Waals surface area contributed by atoms with Crippen LogP contribution in [0, 0.1) is 5.92 Å². The zero-order chi connectivity index (χ0) is 23.1. The van der Waals surface area contributed by atoms with Crippen LogP contribution in [0.5, 0.6) is 0 Å². The Bertz CT molecular complexity index is 954. The number of hydrogen-bond acceptors (Lipinski definition) is 4. The van der Waals surface area contributed by atoms with Gasteiger partial charge in [-0.25, -0.2) is 0 Å². The van der Waals surface area contributed by atoms with Gasteiger partial charge in [0.1, 0.15) is 0 Å². The molecule has 1 aliphatic heterocycles. The fourth-order valence-electron chi connectivity index (χ4n) is 3.62. The lowest BCUT2D eigenvalue weighted by molar-refractivity contribution is -0.137. The van der Waals surface area contributed by atoms with Crippen molar-refractivity contribution in [2.45, 2.75) is 48.7 Å². The van der Waals surface area contributed by atoms with Crippen molar-refractivity contribution < 1.29 is 18.0 Å². The molecule has 4 rings (SSSR count). The van der Waals surface area contributed by atoms with Crippen LogP contribution in [0.3, 0.4) is 0 Å². The number of hydrogen-bond donors (Lipinski definition) is 1. The molecule has 1 aromatic carbocycles. The molecule has 2 aliphatic rings. The minimum atomic E-state index is -4.29. The van der Waals surface area contributed by atoms with E-state index in [0.717, 1.165) is 37.8 Å². The summed E-state index contributed by atoms with van der Waals surface area (Å²) in [5.41, 5.74) is -3.50. The van der Waals surface area contributed by atoms with E-state index in [0.29, 0.717) is 13.1 Å². The van der Waals surface area contributed by atoms with Gasteiger partial charge in [-0.05, 0) is 67.8 Å². The van der Waals surface area contributed by atoms with Gasteiger partial charge in [0.2, 0.25) is 11.5 Å². The van der Waals surface area contributed by atoms with Gasteiger partial charge in [-0.3, -0.25) is 9.59 Å². The zero-order valence-electron chi connectivity index (χ0n) is 18.0. The van der Waals surface area contributed by atoms with Gasteiger partial charge >= 0.3 is 5.51 Å². The van der Waals surface area contributed by atoms with Crippen molar-refractivity contribution >= 4 is 17.7 Å². The molecule has 1 unspecified atom stereocenters. The van der Waals surface area contributed by atoms with E-state index in [1.54, 1.807) is 37.5 Å². The summed E-state index contributed by atoms with van der Waals surface area (Å²) < 4.78 is 39.1. The summed E-state index contributed by atoms with van der Waals surface area (Å²) in [6.45, 7) is 2.04. The summed E-state index contributed by atoms with van der Waals surface area (Å²) in [7, 11) is 1.72. The summed E-state index contributed by atoms with van der Waals surface area (Å²) in [6.07, 6.45) is 5.58. The molecule has 32 heavy (non-hydrogen) atoms. The summed E-state index contributed by atoms with van der Waals surface area (Å²) in [5, 5.41) is 3.25. The summed E-state index contributed by atoms with van der Waals surface area (Å²) in [6, 6.07) is 11.7. The molecule has 9 heteroatoms. The summed E-state index contributed by atoms with van der Waals surface area (Å²) >= 11 is -0.111. The molecule has 0 bridgehead atoms. The minimum absolute atomic E-state index is 0.00733. The number of carbonyl (C=O) groups is 1. The molecular weight excluding hydrogens is 439 g/mol. The molecule has 5 nitrogen and oxygen atoms in total. The van der Waals surface area contributed by atoms with Gasteiger partial charge in [0.25, 0.3) is 0 Å². The molecule has 0 spiro atoms. The van der Waals surface area contributed by atoms with Crippen LogP contribution in [0.2, 0.25) is 0 Å². The van der Waals surface area contributed by atoms with Crippen LogP contribution in [0.25, 0.3) is 0 Å². The molecule has 174 valence electrons. The molecule has 1 aromatic heterocycles. The number of aryl methyl sites for hydroxylation is 1. The third-order valence-electron chi connectivity index (χ3n) is 5.41. The summed E-state index contributed by atoms with van der Waals surface area (Å²) in [5.74, 6) is 0.130. The van der Waals surface area contributed by atoms with Crippen molar-refractivity contribution in [2.75, 3.05) is 13.1 Å². The Morgan fingerprint density at radius 2 is 1.97 bits per heavy atom. The third kappa shape index (κ3) is 7.70. The highest BCUT2D eigenvalue weighted by Gasteiger charge is 2.36. The number of halogens is 3. The first kappa shape index (κ1) is 24.4. The highest BCUT2D eigenvalue weighted by atomic mass is 32.2.